The van der Waals surface area contributed by atoms with Gasteiger partial charge in [0.2, 0.25) is 0 Å². The average Bonchev–Trinajstić information content (AvgIpc) is 2.98. The van der Waals surface area contributed by atoms with Gasteiger partial charge in [-0.1, -0.05) is 30.3 Å². The van der Waals surface area contributed by atoms with Crippen LogP contribution in [0.5, 0.6) is 0 Å². The number of benzene rings is 1. The van der Waals surface area contributed by atoms with E-state index in [4.69, 9.17) is 4.74 Å². The number of morpholine rings is 1. The zero-order chi connectivity index (χ0) is 13.6. The van der Waals surface area contributed by atoms with E-state index in [0.717, 1.165) is 62.9 Å². The molecular formula is C15H20N4O. The van der Waals surface area contributed by atoms with E-state index in [-0.39, 0.29) is 0 Å². The average molecular weight is 272 g/mol. The van der Waals surface area contributed by atoms with E-state index in [1.807, 2.05) is 30.3 Å². The number of H-pyrrole nitrogens is 1. The maximum Gasteiger partial charge on any atom is 0.181 e. The minimum absolute atomic E-state index is 0.784. The van der Waals surface area contributed by atoms with Gasteiger partial charge in [0.15, 0.2) is 5.82 Å². The number of hydrogen-bond acceptors (Lipinski definition) is 4. The van der Waals surface area contributed by atoms with Gasteiger partial charge in [0.1, 0.15) is 5.82 Å². The van der Waals surface area contributed by atoms with Crippen molar-refractivity contribution in [3.63, 3.8) is 0 Å². The summed E-state index contributed by atoms with van der Waals surface area (Å²) in [5, 5.41) is 7.32. The van der Waals surface area contributed by atoms with E-state index < -0.39 is 0 Å². The highest BCUT2D eigenvalue weighted by atomic mass is 16.5. The van der Waals surface area contributed by atoms with E-state index in [0.29, 0.717) is 0 Å². The quantitative estimate of drug-likeness (QED) is 0.900. The normalized spacial score (nSPS) is 16.4. The summed E-state index contributed by atoms with van der Waals surface area (Å²) in [5.74, 6) is 1.75. The van der Waals surface area contributed by atoms with Gasteiger partial charge in [-0.05, 0) is 13.0 Å². The van der Waals surface area contributed by atoms with Crippen molar-refractivity contribution < 1.29 is 4.74 Å². The van der Waals surface area contributed by atoms with Crippen LogP contribution in [-0.2, 0) is 11.2 Å². The fraction of sp³-hybridized carbons (Fsp3) is 0.467. The van der Waals surface area contributed by atoms with Gasteiger partial charge in [-0.2, -0.15) is 5.10 Å². The zero-order valence-electron chi connectivity index (χ0n) is 11.6. The molecule has 1 aliphatic rings. The smallest absolute Gasteiger partial charge is 0.181 e. The lowest BCUT2D eigenvalue weighted by Gasteiger charge is -2.26. The van der Waals surface area contributed by atoms with Gasteiger partial charge in [0, 0.05) is 25.1 Å². The largest absolute Gasteiger partial charge is 0.379 e. The van der Waals surface area contributed by atoms with Crippen LogP contribution < -0.4 is 0 Å². The lowest BCUT2D eigenvalue weighted by Crippen LogP contribution is -2.36. The van der Waals surface area contributed by atoms with Crippen LogP contribution in [-0.4, -0.2) is 52.9 Å². The number of aromatic amines is 1. The Kier molecular flexibility index (Phi) is 4.40. The Morgan fingerprint density at radius 1 is 1.15 bits per heavy atom. The molecule has 1 aromatic carbocycles. The van der Waals surface area contributed by atoms with E-state index in [1.165, 1.54) is 0 Å². The molecule has 1 fully saturated rings. The molecular weight excluding hydrogens is 252 g/mol. The summed E-state index contributed by atoms with van der Waals surface area (Å²) in [6, 6.07) is 10.1. The van der Waals surface area contributed by atoms with Crippen molar-refractivity contribution in [2.24, 2.45) is 0 Å². The molecule has 0 unspecified atom stereocenters. The molecule has 1 saturated heterocycles. The van der Waals surface area contributed by atoms with Crippen molar-refractivity contribution in [3.8, 4) is 11.4 Å². The highest BCUT2D eigenvalue weighted by molar-refractivity contribution is 5.53. The van der Waals surface area contributed by atoms with E-state index in [1.54, 1.807) is 0 Å². The van der Waals surface area contributed by atoms with Gasteiger partial charge < -0.3 is 4.74 Å². The third-order valence-electron chi connectivity index (χ3n) is 3.56. The standard InChI is InChI=1S/C15H20N4O/c1-2-5-13(6-3-1)15-16-14(17-18-15)7-4-8-19-9-11-20-12-10-19/h1-3,5-6H,4,7-12H2,(H,16,17,18). The Morgan fingerprint density at radius 3 is 2.75 bits per heavy atom. The molecule has 5 heteroatoms. The maximum atomic E-state index is 5.35. The van der Waals surface area contributed by atoms with Crippen molar-refractivity contribution >= 4 is 0 Å². The fourth-order valence-electron chi connectivity index (χ4n) is 2.42. The number of aryl methyl sites for hydroxylation is 1. The second-order valence-corrected chi connectivity index (χ2v) is 5.03. The Labute approximate surface area is 119 Å². The van der Waals surface area contributed by atoms with Gasteiger partial charge in [0.25, 0.3) is 0 Å². The second-order valence-electron chi connectivity index (χ2n) is 5.03. The molecule has 0 bridgehead atoms. The van der Waals surface area contributed by atoms with Crippen LogP contribution >= 0.6 is 0 Å². The van der Waals surface area contributed by atoms with E-state index in [2.05, 4.69) is 20.1 Å². The van der Waals surface area contributed by atoms with Crippen LogP contribution in [0.1, 0.15) is 12.2 Å². The van der Waals surface area contributed by atoms with Crippen LogP contribution in [0.3, 0.4) is 0 Å². The minimum atomic E-state index is 0.784. The first-order chi connectivity index (χ1) is 9.92. The molecule has 20 heavy (non-hydrogen) atoms. The Bertz CT molecular complexity index is 520. The molecule has 0 atom stereocenters. The monoisotopic (exact) mass is 272 g/mol. The summed E-state index contributed by atoms with van der Waals surface area (Å²) in [6.07, 6.45) is 2.04. The Hall–Kier alpha value is -1.72. The molecule has 1 aromatic heterocycles. The molecule has 2 heterocycles. The molecule has 2 aromatic rings. The van der Waals surface area contributed by atoms with Gasteiger partial charge in [-0.3, -0.25) is 10.00 Å². The molecule has 0 radical (unpaired) electrons. The lowest BCUT2D eigenvalue weighted by atomic mass is 10.2. The van der Waals surface area contributed by atoms with Crippen LogP contribution in [0.25, 0.3) is 11.4 Å². The van der Waals surface area contributed by atoms with Crippen LogP contribution in [0.15, 0.2) is 30.3 Å². The summed E-state index contributed by atoms with van der Waals surface area (Å²) in [5.41, 5.74) is 1.06. The van der Waals surface area contributed by atoms with Crippen molar-refractivity contribution in [1.82, 2.24) is 20.1 Å². The topological polar surface area (TPSA) is 54.0 Å². The predicted molar refractivity (Wildman–Crippen MR) is 77.4 cm³/mol. The molecule has 0 amide bonds. The second kappa shape index (κ2) is 6.63. The lowest BCUT2D eigenvalue weighted by molar-refractivity contribution is 0.0374. The van der Waals surface area contributed by atoms with Crippen LogP contribution in [0.4, 0.5) is 0 Å². The van der Waals surface area contributed by atoms with E-state index >= 15 is 0 Å². The van der Waals surface area contributed by atoms with Crippen molar-refractivity contribution in [2.75, 3.05) is 32.8 Å². The summed E-state index contributed by atoms with van der Waals surface area (Å²) in [4.78, 5) is 7.00. The number of rotatable bonds is 5. The Balaban J connectivity index is 1.50. The highest BCUT2D eigenvalue weighted by Gasteiger charge is 2.10. The molecule has 1 aliphatic heterocycles. The molecule has 0 saturated carbocycles. The number of ether oxygens (including phenoxy) is 1. The maximum absolute atomic E-state index is 5.35. The summed E-state index contributed by atoms with van der Waals surface area (Å²) >= 11 is 0. The number of nitrogens with one attached hydrogen (secondary N) is 1. The Morgan fingerprint density at radius 2 is 1.95 bits per heavy atom. The zero-order valence-corrected chi connectivity index (χ0v) is 11.6. The van der Waals surface area contributed by atoms with Gasteiger partial charge >= 0.3 is 0 Å². The molecule has 3 rings (SSSR count). The predicted octanol–water partition coefficient (Wildman–Crippen LogP) is 1.74. The first-order valence-electron chi connectivity index (χ1n) is 7.18. The first kappa shape index (κ1) is 13.3. The third-order valence-corrected chi connectivity index (χ3v) is 3.56. The number of aromatic nitrogens is 3. The number of hydrogen-bond donors (Lipinski definition) is 1. The van der Waals surface area contributed by atoms with Crippen LogP contribution in [0.2, 0.25) is 0 Å². The van der Waals surface area contributed by atoms with E-state index in [9.17, 15) is 0 Å². The van der Waals surface area contributed by atoms with Crippen molar-refractivity contribution in [2.45, 2.75) is 12.8 Å². The highest BCUT2D eigenvalue weighted by Crippen LogP contribution is 2.13. The van der Waals surface area contributed by atoms with Gasteiger partial charge in [0.05, 0.1) is 13.2 Å². The molecule has 106 valence electrons. The molecule has 0 aliphatic carbocycles. The molecule has 0 spiro atoms. The van der Waals surface area contributed by atoms with Crippen molar-refractivity contribution in [3.05, 3.63) is 36.2 Å². The summed E-state index contributed by atoms with van der Waals surface area (Å²) in [7, 11) is 0. The molecule has 1 N–H and O–H groups in total. The van der Waals surface area contributed by atoms with Crippen LogP contribution in [0, 0.1) is 0 Å². The fourth-order valence-corrected chi connectivity index (χ4v) is 2.42. The summed E-state index contributed by atoms with van der Waals surface area (Å²) < 4.78 is 5.35. The number of nitrogens with zero attached hydrogens (tertiary/aromatic N) is 3. The summed E-state index contributed by atoms with van der Waals surface area (Å²) in [6.45, 7) is 4.92. The first-order valence-corrected chi connectivity index (χ1v) is 7.18. The van der Waals surface area contributed by atoms with Gasteiger partial charge in [-0.15, -0.1) is 0 Å². The third kappa shape index (κ3) is 3.43. The van der Waals surface area contributed by atoms with Crippen molar-refractivity contribution in [1.29, 1.82) is 0 Å². The SMILES string of the molecule is c1ccc(-c2n[nH]c(CCCN3CCOCC3)n2)cc1. The van der Waals surface area contributed by atoms with Gasteiger partial charge in [-0.25, -0.2) is 4.98 Å². The molecule has 5 nitrogen and oxygen atoms in total. The minimum Gasteiger partial charge on any atom is -0.379 e.